The lowest BCUT2D eigenvalue weighted by Crippen LogP contribution is -2.50. The van der Waals surface area contributed by atoms with Crippen LogP contribution in [0.25, 0.3) is 0 Å². The summed E-state index contributed by atoms with van der Waals surface area (Å²) in [7, 11) is -1.51. The summed E-state index contributed by atoms with van der Waals surface area (Å²) < 4.78 is 32.2. The third-order valence-electron chi connectivity index (χ3n) is 5.08. The van der Waals surface area contributed by atoms with Crippen molar-refractivity contribution in [3.05, 3.63) is 18.3 Å². The Kier molecular flexibility index (Phi) is 5.61. The molecule has 2 aliphatic rings. The van der Waals surface area contributed by atoms with Crippen LogP contribution in [0.5, 0.6) is 5.75 Å². The van der Waals surface area contributed by atoms with E-state index in [2.05, 4.69) is 9.88 Å². The Balaban J connectivity index is 1.57. The van der Waals surface area contributed by atoms with Crippen molar-refractivity contribution in [3.63, 3.8) is 0 Å². The smallest absolute Gasteiger partial charge is 0.214 e. The highest BCUT2D eigenvalue weighted by molar-refractivity contribution is 7.89. The summed E-state index contributed by atoms with van der Waals surface area (Å²) in [6.07, 6.45) is 7.45. The van der Waals surface area contributed by atoms with Gasteiger partial charge in [0.2, 0.25) is 10.0 Å². The van der Waals surface area contributed by atoms with Gasteiger partial charge in [-0.1, -0.05) is 19.3 Å². The Morgan fingerprint density at radius 3 is 2.54 bits per heavy atom. The minimum absolute atomic E-state index is 0.324. The Morgan fingerprint density at radius 1 is 1.17 bits per heavy atom. The first-order chi connectivity index (χ1) is 11.6. The van der Waals surface area contributed by atoms with Gasteiger partial charge in [0.05, 0.1) is 12.9 Å². The molecule has 1 aromatic rings. The maximum Gasteiger partial charge on any atom is 0.214 e. The van der Waals surface area contributed by atoms with Crippen molar-refractivity contribution in [1.29, 1.82) is 0 Å². The molecule has 6 nitrogen and oxygen atoms in total. The highest BCUT2D eigenvalue weighted by atomic mass is 32.2. The lowest BCUT2D eigenvalue weighted by molar-refractivity contribution is 0.355. The van der Waals surface area contributed by atoms with Crippen molar-refractivity contribution in [2.45, 2.75) is 32.1 Å². The summed E-state index contributed by atoms with van der Waals surface area (Å²) in [5.74, 6) is 2.29. The fraction of sp³-hybridized carbons (Fsp3) is 0.706. The summed E-state index contributed by atoms with van der Waals surface area (Å²) >= 11 is 0. The minimum atomic E-state index is -3.14. The predicted octanol–water partition coefficient (Wildman–Crippen LogP) is 2.12. The molecule has 0 amide bonds. The molecule has 2 fully saturated rings. The lowest BCUT2D eigenvalue weighted by atomic mass is 9.91. The molecule has 7 heteroatoms. The highest BCUT2D eigenvalue weighted by Gasteiger charge is 2.30. The Morgan fingerprint density at radius 2 is 1.88 bits per heavy atom. The van der Waals surface area contributed by atoms with Gasteiger partial charge in [-0.15, -0.1) is 0 Å². The number of pyridine rings is 1. The van der Waals surface area contributed by atoms with Crippen molar-refractivity contribution >= 4 is 15.8 Å². The molecule has 134 valence electrons. The summed E-state index contributed by atoms with van der Waals surface area (Å²) in [5, 5.41) is 0. The first kappa shape index (κ1) is 17.5. The number of hydrogen-bond donors (Lipinski definition) is 0. The van der Waals surface area contributed by atoms with E-state index in [-0.39, 0.29) is 0 Å². The Bertz CT molecular complexity index is 636. The van der Waals surface area contributed by atoms with Crippen LogP contribution in [0.2, 0.25) is 0 Å². The molecule has 0 radical (unpaired) electrons. The SMILES string of the molecule is COc1ccnc(N2CCN(S(=O)(=O)CC3CCCCC3)CC2)c1. The molecule has 0 bridgehead atoms. The fourth-order valence-electron chi connectivity index (χ4n) is 3.65. The standard InChI is InChI=1S/C17H27N3O3S/c1-23-16-7-8-18-17(13-16)19-9-11-20(12-10-19)24(21,22)14-15-5-3-2-4-6-15/h7-8,13,15H,2-6,9-12,14H2,1H3. The van der Waals surface area contributed by atoms with E-state index in [0.29, 0.717) is 37.8 Å². The molecular weight excluding hydrogens is 326 g/mol. The number of sulfonamides is 1. The van der Waals surface area contributed by atoms with Gasteiger partial charge in [-0.2, -0.15) is 4.31 Å². The minimum Gasteiger partial charge on any atom is -0.497 e. The van der Waals surface area contributed by atoms with Crippen LogP contribution in [0.1, 0.15) is 32.1 Å². The first-order valence-electron chi connectivity index (χ1n) is 8.81. The molecule has 0 N–H and O–H groups in total. The van der Waals surface area contributed by atoms with Crippen LogP contribution in [0.3, 0.4) is 0 Å². The Labute approximate surface area is 144 Å². The van der Waals surface area contributed by atoms with Crippen LogP contribution in [0, 0.1) is 5.92 Å². The van der Waals surface area contributed by atoms with Crippen LogP contribution in [0.15, 0.2) is 18.3 Å². The van der Waals surface area contributed by atoms with E-state index >= 15 is 0 Å². The molecule has 0 unspecified atom stereocenters. The molecule has 1 aromatic heterocycles. The third-order valence-corrected chi connectivity index (χ3v) is 7.12. The molecule has 3 rings (SSSR count). The van der Waals surface area contributed by atoms with E-state index in [1.165, 1.54) is 19.3 Å². The van der Waals surface area contributed by atoms with Gasteiger partial charge >= 0.3 is 0 Å². The van der Waals surface area contributed by atoms with Crippen molar-refractivity contribution in [3.8, 4) is 5.75 Å². The number of hydrogen-bond acceptors (Lipinski definition) is 5. The van der Waals surface area contributed by atoms with Crippen molar-refractivity contribution < 1.29 is 13.2 Å². The molecule has 1 aliphatic heterocycles. The van der Waals surface area contributed by atoms with E-state index in [0.717, 1.165) is 24.4 Å². The van der Waals surface area contributed by atoms with Gasteiger partial charge < -0.3 is 9.64 Å². The van der Waals surface area contributed by atoms with Crippen LogP contribution in [-0.2, 0) is 10.0 Å². The molecule has 0 aromatic carbocycles. The number of piperazine rings is 1. The number of anilines is 1. The van der Waals surface area contributed by atoms with E-state index in [9.17, 15) is 8.42 Å². The zero-order valence-corrected chi connectivity index (χ0v) is 15.2. The van der Waals surface area contributed by atoms with Gasteiger partial charge in [-0.25, -0.2) is 13.4 Å². The summed E-state index contributed by atoms with van der Waals surface area (Å²) in [6, 6.07) is 3.71. The van der Waals surface area contributed by atoms with Crippen molar-refractivity contribution in [2.75, 3.05) is 43.9 Å². The van der Waals surface area contributed by atoms with E-state index in [1.54, 1.807) is 17.6 Å². The van der Waals surface area contributed by atoms with Crippen LogP contribution in [-0.4, -0.2) is 56.7 Å². The number of methoxy groups -OCH3 is 1. The van der Waals surface area contributed by atoms with Crippen LogP contribution in [0.4, 0.5) is 5.82 Å². The average Bonchev–Trinajstić information content (AvgIpc) is 2.62. The molecule has 0 atom stereocenters. The third kappa shape index (κ3) is 4.19. The molecule has 1 saturated carbocycles. The quantitative estimate of drug-likeness (QED) is 0.811. The monoisotopic (exact) mass is 353 g/mol. The zero-order valence-electron chi connectivity index (χ0n) is 14.4. The molecule has 1 aliphatic carbocycles. The van der Waals surface area contributed by atoms with Gasteiger partial charge in [0.15, 0.2) is 0 Å². The number of ether oxygens (including phenoxy) is 1. The fourth-order valence-corrected chi connectivity index (χ4v) is 5.51. The first-order valence-corrected chi connectivity index (χ1v) is 10.4. The topological polar surface area (TPSA) is 62.7 Å². The molecule has 2 heterocycles. The lowest BCUT2D eigenvalue weighted by Gasteiger charge is -2.35. The number of aromatic nitrogens is 1. The normalized spacial score (nSPS) is 21.0. The maximum absolute atomic E-state index is 12.7. The van der Waals surface area contributed by atoms with Gasteiger partial charge in [0, 0.05) is 38.4 Å². The van der Waals surface area contributed by atoms with E-state index in [1.807, 2.05) is 12.1 Å². The van der Waals surface area contributed by atoms with Crippen LogP contribution >= 0.6 is 0 Å². The Hall–Kier alpha value is -1.34. The summed E-state index contributed by atoms with van der Waals surface area (Å²) in [5.41, 5.74) is 0. The van der Waals surface area contributed by atoms with Gasteiger partial charge in [0.1, 0.15) is 11.6 Å². The average molecular weight is 353 g/mol. The van der Waals surface area contributed by atoms with Gasteiger partial charge in [0.25, 0.3) is 0 Å². The molecule has 1 saturated heterocycles. The van der Waals surface area contributed by atoms with E-state index < -0.39 is 10.0 Å². The molecular formula is C17H27N3O3S. The molecule has 24 heavy (non-hydrogen) atoms. The summed E-state index contributed by atoms with van der Waals surface area (Å²) in [6.45, 7) is 2.41. The maximum atomic E-state index is 12.7. The highest BCUT2D eigenvalue weighted by Crippen LogP contribution is 2.26. The molecule has 0 spiro atoms. The number of nitrogens with zero attached hydrogens (tertiary/aromatic N) is 3. The van der Waals surface area contributed by atoms with Crippen molar-refractivity contribution in [2.24, 2.45) is 5.92 Å². The second-order valence-corrected chi connectivity index (χ2v) is 8.74. The second-order valence-electron chi connectivity index (χ2n) is 6.72. The largest absolute Gasteiger partial charge is 0.497 e. The van der Waals surface area contributed by atoms with Gasteiger partial charge in [-0.3, -0.25) is 0 Å². The van der Waals surface area contributed by atoms with E-state index in [4.69, 9.17) is 4.74 Å². The predicted molar refractivity (Wildman–Crippen MR) is 94.9 cm³/mol. The number of rotatable bonds is 5. The zero-order chi connectivity index (χ0) is 17.0. The second kappa shape index (κ2) is 7.70. The van der Waals surface area contributed by atoms with Crippen LogP contribution < -0.4 is 9.64 Å². The van der Waals surface area contributed by atoms with Gasteiger partial charge in [-0.05, 0) is 24.8 Å². The summed E-state index contributed by atoms with van der Waals surface area (Å²) in [4.78, 5) is 6.49. The van der Waals surface area contributed by atoms with Crippen molar-refractivity contribution in [1.82, 2.24) is 9.29 Å².